The number of ether oxygens (including phenoxy) is 1. The molecular weight excluding hydrogens is 404 g/mol. The van der Waals surface area contributed by atoms with E-state index < -0.39 is 6.10 Å². The summed E-state index contributed by atoms with van der Waals surface area (Å²) in [6.45, 7) is 0.197. The van der Waals surface area contributed by atoms with Crippen molar-refractivity contribution in [1.29, 1.82) is 0 Å². The van der Waals surface area contributed by atoms with Gasteiger partial charge in [0.05, 0.1) is 16.8 Å². The van der Waals surface area contributed by atoms with E-state index >= 15 is 0 Å². The maximum absolute atomic E-state index is 13.3. The molecule has 2 aliphatic rings. The fraction of sp³-hybridized carbons (Fsp3) is 0.364. The molecule has 1 saturated heterocycles. The predicted molar refractivity (Wildman–Crippen MR) is 120 cm³/mol. The summed E-state index contributed by atoms with van der Waals surface area (Å²) in [4.78, 5) is 29.0. The molecule has 0 N–H and O–H groups in total. The lowest BCUT2D eigenvalue weighted by molar-refractivity contribution is -0.135. The number of hydrogen-bond acceptors (Lipinski definition) is 5. The Balaban J connectivity index is 1.58. The number of benzene rings is 2. The molecule has 152 valence electrons. The number of likely N-dealkylation sites (N-methyl/N-ethyl adjacent to an activating group) is 1. The fourth-order valence-electron chi connectivity index (χ4n) is 3.46. The maximum Gasteiger partial charge on any atom is 0.265 e. The van der Waals surface area contributed by atoms with Crippen LogP contribution in [0.25, 0.3) is 0 Å². The van der Waals surface area contributed by atoms with Gasteiger partial charge in [0.2, 0.25) is 0 Å². The molecule has 1 atom stereocenters. The van der Waals surface area contributed by atoms with E-state index in [1.807, 2.05) is 53.9 Å². The van der Waals surface area contributed by atoms with Gasteiger partial charge in [-0.05, 0) is 47.8 Å². The van der Waals surface area contributed by atoms with Gasteiger partial charge >= 0.3 is 0 Å². The molecule has 2 heterocycles. The minimum absolute atomic E-state index is 0.118. The molecule has 0 radical (unpaired) electrons. The smallest absolute Gasteiger partial charge is 0.265 e. The fourth-order valence-corrected chi connectivity index (χ4v) is 6.36. The van der Waals surface area contributed by atoms with Gasteiger partial charge in [0, 0.05) is 19.7 Å². The Labute approximate surface area is 179 Å². The van der Waals surface area contributed by atoms with E-state index in [1.54, 1.807) is 25.1 Å². The van der Waals surface area contributed by atoms with Crippen molar-refractivity contribution < 1.29 is 14.3 Å². The van der Waals surface area contributed by atoms with Gasteiger partial charge in [0.1, 0.15) is 5.75 Å². The van der Waals surface area contributed by atoms with Crippen LogP contribution in [0.5, 0.6) is 5.75 Å². The Hall–Kier alpha value is -2.12. The second kappa shape index (κ2) is 8.71. The number of rotatable bonds is 3. The second-order valence-electron chi connectivity index (χ2n) is 7.27. The van der Waals surface area contributed by atoms with Crippen LogP contribution in [0.3, 0.4) is 0 Å². The number of nitrogens with zero attached hydrogens (tertiary/aromatic N) is 2. The van der Waals surface area contributed by atoms with Crippen LogP contribution in [-0.2, 0) is 4.79 Å². The molecule has 2 aromatic rings. The number of hydrogen-bond donors (Lipinski definition) is 0. The topological polar surface area (TPSA) is 49.9 Å². The van der Waals surface area contributed by atoms with Crippen molar-refractivity contribution >= 4 is 41.0 Å². The summed E-state index contributed by atoms with van der Waals surface area (Å²) in [5.41, 5.74) is 2.56. The van der Waals surface area contributed by atoms with E-state index in [0.717, 1.165) is 0 Å². The quantitative estimate of drug-likeness (QED) is 0.738. The van der Waals surface area contributed by atoms with E-state index in [4.69, 9.17) is 4.74 Å². The molecule has 0 aromatic heterocycles. The lowest BCUT2D eigenvalue weighted by Crippen LogP contribution is -2.50. The molecule has 0 aliphatic carbocycles. The highest BCUT2D eigenvalue weighted by Crippen LogP contribution is 2.43. The summed E-state index contributed by atoms with van der Waals surface area (Å²) in [5.74, 6) is 2.65. The van der Waals surface area contributed by atoms with Gasteiger partial charge < -0.3 is 14.5 Å². The summed E-state index contributed by atoms with van der Waals surface area (Å²) in [5, 5.41) is 0. The normalized spacial score (nSPS) is 19.2. The van der Waals surface area contributed by atoms with Crippen molar-refractivity contribution in [2.75, 3.05) is 37.0 Å². The summed E-state index contributed by atoms with van der Waals surface area (Å²) >= 11 is 3.93. The van der Waals surface area contributed by atoms with Crippen LogP contribution < -0.4 is 9.64 Å². The van der Waals surface area contributed by atoms with E-state index in [9.17, 15) is 9.59 Å². The van der Waals surface area contributed by atoms with Crippen LogP contribution >= 0.6 is 23.5 Å². The first kappa shape index (κ1) is 20.2. The summed E-state index contributed by atoms with van der Waals surface area (Å²) in [6.07, 6.45) is 0.546. The third-order valence-corrected chi connectivity index (χ3v) is 8.01. The molecular formula is C22H24N2O3S2. The average molecular weight is 429 g/mol. The number of carbonyl (C=O) groups is 2. The van der Waals surface area contributed by atoms with E-state index in [0.29, 0.717) is 21.6 Å². The monoisotopic (exact) mass is 428 g/mol. The van der Waals surface area contributed by atoms with Gasteiger partial charge in [-0.25, -0.2) is 0 Å². The average Bonchev–Trinajstić information content (AvgIpc) is 2.78. The first-order valence-electron chi connectivity index (χ1n) is 9.66. The van der Waals surface area contributed by atoms with Crippen molar-refractivity contribution in [3.05, 3.63) is 59.7 Å². The number of carbonyl (C=O) groups excluding carboxylic acids is 2. The molecule has 2 amide bonds. The van der Waals surface area contributed by atoms with Crippen molar-refractivity contribution in [2.45, 2.75) is 17.1 Å². The van der Waals surface area contributed by atoms with E-state index in [2.05, 4.69) is 12.1 Å². The zero-order chi connectivity index (χ0) is 20.4. The third-order valence-electron chi connectivity index (χ3n) is 4.99. The summed E-state index contributed by atoms with van der Waals surface area (Å²) in [6, 6.07) is 15.3. The van der Waals surface area contributed by atoms with Gasteiger partial charge in [0.15, 0.2) is 6.10 Å². The van der Waals surface area contributed by atoms with E-state index in [1.165, 1.54) is 28.4 Å². The summed E-state index contributed by atoms with van der Waals surface area (Å²) < 4.78 is 6.32. The SMILES string of the molecule is CN(C)C(=O)[C@H]1CN(C(=O)c2ccc(C3SCCCS3)cc2)c2ccccc2O1. The predicted octanol–water partition coefficient (Wildman–Crippen LogP) is 4.05. The molecule has 5 nitrogen and oxygen atoms in total. The van der Waals surface area contributed by atoms with Crippen LogP contribution in [0.4, 0.5) is 5.69 Å². The molecule has 0 saturated carbocycles. The Morgan fingerprint density at radius 2 is 1.72 bits per heavy atom. The minimum Gasteiger partial charge on any atom is -0.476 e. The van der Waals surface area contributed by atoms with Crippen molar-refractivity contribution in [3.63, 3.8) is 0 Å². The number of anilines is 1. The largest absolute Gasteiger partial charge is 0.476 e. The standard InChI is InChI=1S/C22H24N2O3S2/c1-23(2)21(26)19-14-24(17-6-3-4-7-18(17)27-19)20(25)15-8-10-16(11-9-15)22-28-12-5-13-29-22/h3-4,6-11,19,22H,5,12-14H2,1-2H3/t19-/m1/s1. The van der Waals surface area contributed by atoms with Crippen LogP contribution in [0.15, 0.2) is 48.5 Å². The molecule has 0 bridgehead atoms. The molecule has 4 rings (SSSR count). The molecule has 1 fully saturated rings. The van der Waals surface area contributed by atoms with Gasteiger partial charge in [-0.3, -0.25) is 9.59 Å². The van der Waals surface area contributed by atoms with E-state index in [-0.39, 0.29) is 18.4 Å². The van der Waals surface area contributed by atoms with Gasteiger partial charge in [0.25, 0.3) is 11.8 Å². The lowest BCUT2D eigenvalue weighted by Gasteiger charge is -2.35. The Morgan fingerprint density at radius 3 is 2.41 bits per heavy atom. The Bertz CT molecular complexity index is 895. The van der Waals surface area contributed by atoms with Crippen LogP contribution in [0.2, 0.25) is 0 Å². The van der Waals surface area contributed by atoms with Gasteiger partial charge in [-0.2, -0.15) is 0 Å². The van der Waals surface area contributed by atoms with Gasteiger partial charge in [-0.15, -0.1) is 23.5 Å². The van der Waals surface area contributed by atoms with Crippen LogP contribution in [-0.4, -0.2) is 55.0 Å². The van der Waals surface area contributed by atoms with Crippen molar-refractivity contribution in [2.24, 2.45) is 0 Å². The first-order chi connectivity index (χ1) is 14.0. The van der Waals surface area contributed by atoms with Gasteiger partial charge in [-0.1, -0.05) is 24.3 Å². The molecule has 29 heavy (non-hydrogen) atoms. The number of para-hydroxylation sites is 2. The first-order valence-corrected chi connectivity index (χ1v) is 11.8. The molecule has 0 spiro atoms. The molecule has 2 aliphatic heterocycles. The third kappa shape index (κ3) is 4.26. The number of fused-ring (bicyclic) bond motifs is 1. The highest BCUT2D eigenvalue weighted by Gasteiger charge is 2.35. The highest BCUT2D eigenvalue weighted by molar-refractivity contribution is 8.16. The highest BCUT2D eigenvalue weighted by atomic mass is 32.2. The second-order valence-corrected chi connectivity index (χ2v) is 10.00. The zero-order valence-electron chi connectivity index (χ0n) is 16.5. The number of thioether (sulfide) groups is 2. The van der Waals surface area contributed by atoms with Crippen LogP contribution in [0, 0.1) is 0 Å². The molecule has 2 aromatic carbocycles. The maximum atomic E-state index is 13.3. The van der Waals surface area contributed by atoms with Crippen LogP contribution in [0.1, 0.15) is 26.9 Å². The molecule has 0 unspecified atom stereocenters. The Morgan fingerprint density at radius 1 is 1.03 bits per heavy atom. The lowest BCUT2D eigenvalue weighted by atomic mass is 10.1. The van der Waals surface area contributed by atoms with Crippen molar-refractivity contribution in [3.8, 4) is 5.75 Å². The zero-order valence-corrected chi connectivity index (χ0v) is 18.2. The minimum atomic E-state index is -0.710. The summed E-state index contributed by atoms with van der Waals surface area (Å²) in [7, 11) is 3.39. The molecule has 7 heteroatoms. The van der Waals surface area contributed by atoms with Crippen molar-refractivity contribution in [1.82, 2.24) is 4.90 Å². The Kier molecular flexibility index (Phi) is 6.06. The number of amides is 2.